The molecule has 4 rings (SSSR count). The Labute approximate surface area is 206 Å². The van der Waals surface area contributed by atoms with Gasteiger partial charge in [-0.25, -0.2) is 8.42 Å². The summed E-state index contributed by atoms with van der Waals surface area (Å²) in [6.07, 6.45) is 0.900. The van der Waals surface area contributed by atoms with Crippen molar-refractivity contribution in [1.82, 2.24) is 9.80 Å². The molecular weight excluding hydrogens is 470 g/mol. The lowest BCUT2D eigenvalue weighted by molar-refractivity contribution is 0.0779. The Bertz CT molecular complexity index is 1260. The molecule has 0 radical (unpaired) electrons. The Morgan fingerprint density at radius 1 is 1.09 bits per heavy atom. The standard InChI is InChI=1S/C26H28ClN3O3S/c1-19-6-12-25(13-7-19)34(32,33)28-23-10-8-20(9-11-23)17-29(2)24-14-15-30(18-24)26(31)21-4-3-5-22(27)16-21/h3-13,16,24,28H,14-15,17-18H2,1-2H3/t24-/m0/s1. The fourth-order valence-electron chi connectivity index (χ4n) is 4.12. The predicted molar refractivity (Wildman–Crippen MR) is 136 cm³/mol. The molecule has 1 atom stereocenters. The van der Waals surface area contributed by atoms with Gasteiger partial charge in [-0.15, -0.1) is 0 Å². The maximum atomic E-state index is 12.8. The topological polar surface area (TPSA) is 69.7 Å². The van der Waals surface area contributed by atoms with Gasteiger partial charge in [0.15, 0.2) is 0 Å². The van der Waals surface area contributed by atoms with Crippen LogP contribution in [-0.4, -0.2) is 50.3 Å². The Balaban J connectivity index is 1.33. The van der Waals surface area contributed by atoms with E-state index in [-0.39, 0.29) is 16.8 Å². The molecule has 0 saturated carbocycles. The van der Waals surface area contributed by atoms with Crippen LogP contribution in [0.5, 0.6) is 0 Å². The van der Waals surface area contributed by atoms with Crippen molar-refractivity contribution in [3.63, 3.8) is 0 Å². The normalized spacial score (nSPS) is 16.1. The highest BCUT2D eigenvalue weighted by atomic mass is 35.5. The van der Waals surface area contributed by atoms with Crippen molar-refractivity contribution in [3.8, 4) is 0 Å². The molecule has 0 spiro atoms. The number of likely N-dealkylation sites (tertiary alicyclic amines) is 1. The first-order valence-electron chi connectivity index (χ1n) is 11.1. The highest BCUT2D eigenvalue weighted by Crippen LogP contribution is 2.22. The Hall–Kier alpha value is -2.87. The number of sulfonamides is 1. The van der Waals surface area contributed by atoms with Crippen LogP contribution < -0.4 is 4.72 Å². The number of nitrogens with zero attached hydrogens (tertiary/aromatic N) is 2. The zero-order valence-corrected chi connectivity index (χ0v) is 20.8. The van der Waals surface area contributed by atoms with Crippen LogP contribution in [-0.2, 0) is 16.6 Å². The molecule has 3 aromatic carbocycles. The number of nitrogens with one attached hydrogen (secondary N) is 1. The quantitative estimate of drug-likeness (QED) is 0.509. The maximum Gasteiger partial charge on any atom is 0.261 e. The Morgan fingerprint density at radius 2 is 1.79 bits per heavy atom. The van der Waals surface area contributed by atoms with Crippen LogP contribution in [0.25, 0.3) is 0 Å². The second-order valence-corrected chi connectivity index (χ2v) is 10.9. The van der Waals surface area contributed by atoms with Gasteiger partial charge >= 0.3 is 0 Å². The van der Waals surface area contributed by atoms with Crippen molar-refractivity contribution in [2.75, 3.05) is 24.9 Å². The third kappa shape index (κ3) is 5.78. The van der Waals surface area contributed by atoms with Crippen molar-refractivity contribution < 1.29 is 13.2 Å². The van der Waals surface area contributed by atoms with Gasteiger partial charge in [0.1, 0.15) is 0 Å². The highest BCUT2D eigenvalue weighted by Gasteiger charge is 2.29. The lowest BCUT2D eigenvalue weighted by Gasteiger charge is -2.25. The molecule has 1 fully saturated rings. The molecule has 1 heterocycles. The summed E-state index contributed by atoms with van der Waals surface area (Å²) in [7, 11) is -1.58. The summed E-state index contributed by atoms with van der Waals surface area (Å²) in [4.78, 5) is 17.1. The number of hydrogen-bond donors (Lipinski definition) is 1. The van der Waals surface area contributed by atoms with Crippen LogP contribution in [0.4, 0.5) is 5.69 Å². The van der Waals surface area contributed by atoms with Gasteiger partial charge in [-0.05, 0) is 68.4 Å². The minimum Gasteiger partial charge on any atom is -0.337 e. The SMILES string of the molecule is Cc1ccc(S(=O)(=O)Nc2ccc(CN(C)[C@H]3CCN(C(=O)c4cccc(Cl)c4)C3)cc2)cc1. The smallest absolute Gasteiger partial charge is 0.261 e. The number of anilines is 1. The first-order valence-corrected chi connectivity index (χ1v) is 13.0. The number of aryl methyl sites for hydroxylation is 1. The number of amides is 1. The third-order valence-corrected chi connectivity index (χ3v) is 7.75. The highest BCUT2D eigenvalue weighted by molar-refractivity contribution is 7.92. The van der Waals surface area contributed by atoms with Crippen LogP contribution in [0.3, 0.4) is 0 Å². The third-order valence-electron chi connectivity index (χ3n) is 6.11. The van der Waals surface area contributed by atoms with Crippen molar-refractivity contribution >= 4 is 33.2 Å². The first kappa shape index (κ1) is 24.3. The zero-order chi connectivity index (χ0) is 24.3. The molecule has 6 nitrogen and oxygen atoms in total. The van der Waals surface area contributed by atoms with Gasteiger partial charge in [-0.1, -0.05) is 47.5 Å². The largest absolute Gasteiger partial charge is 0.337 e. The summed E-state index contributed by atoms with van der Waals surface area (Å²) in [6.45, 7) is 3.99. The molecule has 0 unspecified atom stereocenters. The molecule has 1 aliphatic rings. The van der Waals surface area contributed by atoms with Crippen LogP contribution in [0, 0.1) is 6.92 Å². The van der Waals surface area contributed by atoms with Crippen LogP contribution in [0.2, 0.25) is 5.02 Å². The van der Waals surface area contributed by atoms with Crippen molar-refractivity contribution in [3.05, 3.63) is 94.5 Å². The minimum absolute atomic E-state index is 0.00335. The summed E-state index contributed by atoms with van der Waals surface area (Å²) in [5, 5.41) is 0.559. The van der Waals surface area contributed by atoms with Crippen LogP contribution in [0.15, 0.2) is 77.7 Å². The van der Waals surface area contributed by atoms with E-state index in [1.165, 1.54) is 0 Å². The van der Waals surface area contributed by atoms with E-state index in [2.05, 4.69) is 9.62 Å². The summed E-state index contributed by atoms with van der Waals surface area (Å²) < 4.78 is 27.8. The van der Waals surface area contributed by atoms with Gasteiger partial charge in [0.25, 0.3) is 15.9 Å². The van der Waals surface area contributed by atoms with E-state index in [0.717, 1.165) is 17.5 Å². The maximum absolute atomic E-state index is 12.8. The molecule has 34 heavy (non-hydrogen) atoms. The average molecular weight is 498 g/mol. The molecule has 0 aromatic heterocycles. The number of carbonyl (C=O) groups excluding carboxylic acids is 1. The molecule has 3 aromatic rings. The van der Waals surface area contributed by atoms with E-state index in [0.29, 0.717) is 35.9 Å². The summed E-state index contributed by atoms with van der Waals surface area (Å²) >= 11 is 6.03. The summed E-state index contributed by atoms with van der Waals surface area (Å²) in [6, 6.07) is 21.5. The minimum atomic E-state index is -3.63. The fourth-order valence-corrected chi connectivity index (χ4v) is 5.37. The van der Waals surface area contributed by atoms with Gasteiger partial charge in [0, 0.05) is 41.9 Å². The van der Waals surface area contributed by atoms with E-state index in [4.69, 9.17) is 11.6 Å². The molecule has 0 bridgehead atoms. The predicted octanol–water partition coefficient (Wildman–Crippen LogP) is 4.80. The monoisotopic (exact) mass is 497 g/mol. The van der Waals surface area contributed by atoms with E-state index in [9.17, 15) is 13.2 Å². The number of benzene rings is 3. The van der Waals surface area contributed by atoms with E-state index < -0.39 is 10.0 Å². The molecule has 1 amide bonds. The summed E-state index contributed by atoms with van der Waals surface area (Å²) in [5.74, 6) is 0.00335. The molecule has 8 heteroatoms. The van der Waals surface area contributed by atoms with Gasteiger partial charge in [-0.3, -0.25) is 14.4 Å². The Kier molecular flexibility index (Phi) is 7.26. The average Bonchev–Trinajstić information content (AvgIpc) is 3.30. The van der Waals surface area contributed by atoms with Gasteiger partial charge in [-0.2, -0.15) is 0 Å². The second kappa shape index (κ2) is 10.2. The van der Waals surface area contributed by atoms with E-state index in [1.807, 2.05) is 31.0 Å². The molecule has 1 N–H and O–H groups in total. The number of hydrogen-bond acceptors (Lipinski definition) is 4. The molecule has 1 saturated heterocycles. The summed E-state index contributed by atoms with van der Waals surface area (Å²) in [5.41, 5.74) is 3.21. The number of halogens is 1. The zero-order valence-electron chi connectivity index (χ0n) is 19.2. The molecule has 0 aliphatic carbocycles. The Morgan fingerprint density at radius 3 is 2.47 bits per heavy atom. The van der Waals surface area contributed by atoms with Crippen molar-refractivity contribution in [2.45, 2.75) is 30.8 Å². The molecule has 1 aliphatic heterocycles. The van der Waals surface area contributed by atoms with Crippen molar-refractivity contribution in [2.24, 2.45) is 0 Å². The molecular formula is C26H28ClN3O3S. The van der Waals surface area contributed by atoms with Crippen LogP contribution >= 0.6 is 11.6 Å². The van der Waals surface area contributed by atoms with Gasteiger partial charge < -0.3 is 4.90 Å². The fraction of sp³-hybridized carbons (Fsp3) is 0.269. The number of carbonyl (C=O) groups is 1. The second-order valence-electron chi connectivity index (χ2n) is 8.73. The first-order chi connectivity index (χ1) is 16.2. The lowest BCUT2D eigenvalue weighted by atomic mass is 10.1. The van der Waals surface area contributed by atoms with E-state index in [1.54, 1.807) is 60.7 Å². The number of likely N-dealkylation sites (N-methyl/N-ethyl adjacent to an activating group) is 1. The van der Waals surface area contributed by atoms with E-state index >= 15 is 0 Å². The van der Waals surface area contributed by atoms with Gasteiger partial charge in [0.2, 0.25) is 0 Å². The van der Waals surface area contributed by atoms with Crippen molar-refractivity contribution in [1.29, 1.82) is 0 Å². The number of rotatable bonds is 7. The lowest BCUT2D eigenvalue weighted by Crippen LogP contribution is -2.36. The molecule has 178 valence electrons. The van der Waals surface area contributed by atoms with Crippen LogP contribution in [0.1, 0.15) is 27.9 Å². The van der Waals surface area contributed by atoms with Gasteiger partial charge in [0.05, 0.1) is 4.90 Å².